The largest absolute Gasteiger partial charge is 0.416 e. The lowest BCUT2D eigenvalue weighted by Gasteiger charge is -2.48. The first kappa shape index (κ1) is 31.6. The van der Waals surface area contributed by atoms with Crippen molar-refractivity contribution < 1.29 is 32.0 Å². The van der Waals surface area contributed by atoms with Gasteiger partial charge in [-0.05, 0) is 70.3 Å². The number of halogens is 3. The molecule has 13 heteroatoms. The molecule has 220 valence electrons. The summed E-state index contributed by atoms with van der Waals surface area (Å²) in [6, 6.07) is 3.09. The Kier molecular flexibility index (Phi) is 10.8. The quantitative estimate of drug-likeness (QED) is 0.154. The Morgan fingerprint density at radius 1 is 1.18 bits per heavy atom. The van der Waals surface area contributed by atoms with Crippen LogP contribution in [0.15, 0.2) is 33.9 Å². The van der Waals surface area contributed by atoms with E-state index in [2.05, 4.69) is 15.5 Å². The average Bonchev–Trinajstić information content (AvgIpc) is 3.36. The molecular weight excluding hydrogens is 547 g/mol. The molecule has 1 fully saturated rings. The Morgan fingerprint density at radius 3 is 2.48 bits per heavy atom. The Balaban J connectivity index is 1.92. The van der Waals surface area contributed by atoms with Crippen LogP contribution >= 0.6 is 11.8 Å². The number of aromatic nitrogens is 2. The van der Waals surface area contributed by atoms with Gasteiger partial charge in [-0.25, -0.2) is 0 Å². The standard InChI is InChI=1S/C27H36F3N5O4S/c1-18(2)15-21(22(37)24-32-33-25(39-24)40-14-13-34(3)4)35(17-36)26(11-6-5-7-12-26)31-23(38)19-9-8-10-20(16-19)27(28,29)30/h8-10,16-18,21H,5-7,11-15H2,1-4H3,(H,31,38). The van der Waals surface area contributed by atoms with Crippen molar-refractivity contribution in [2.45, 2.75) is 75.5 Å². The van der Waals surface area contributed by atoms with Crippen molar-refractivity contribution in [2.75, 3.05) is 26.4 Å². The third kappa shape index (κ3) is 8.06. The van der Waals surface area contributed by atoms with E-state index in [4.69, 9.17) is 4.42 Å². The highest BCUT2D eigenvalue weighted by molar-refractivity contribution is 7.99. The van der Waals surface area contributed by atoms with Crippen molar-refractivity contribution in [3.63, 3.8) is 0 Å². The fraction of sp³-hybridized carbons (Fsp3) is 0.593. The van der Waals surface area contributed by atoms with Crippen molar-refractivity contribution in [3.05, 3.63) is 41.3 Å². The number of amides is 2. The van der Waals surface area contributed by atoms with E-state index in [0.29, 0.717) is 37.8 Å². The molecule has 0 aliphatic heterocycles. The fourth-order valence-corrected chi connectivity index (χ4v) is 5.66. The first-order valence-electron chi connectivity index (χ1n) is 13.2. The van der Waals surface area contributed by atoms with Crippen LogP contribution in [0.1, 0.15) is 79.0 Å². The molecule has 1 heterocycles. The number of Topliss-reactive ketones (excluding diaryl/α,β-unsaturated/α-hetero) is 1. The summed E-state index contributed by atoms with van der Waals surface area (Å²) in [6.45, 7) is 4.56. The Hall–Kier alpha value is -2.93. The van der Waals surface area contributed by atoms with Gasteiger partial charge in [-0.2, -0.15) is 13.2 Å². The first-order chi connectivity index (χ1) is 18.9. The summed E-state index contributed by atoms with van der Waals surface area (Å²) in [5, 5.41) is 11.0. The van der Waals surface area contributed by atoms with Gasteiger partial charge in [0.05, 0.1) is 5.56 Å². The molecule has 2 aromatic rings. The summed E-state index contributed by atoms with van der Waals surface area (Å²) in [5.74, 6) is -0.893. The molecule has 1 N–H and O–H groups in total. The number of hydrogen-bond acceptors (Lipinski definition) is 8. The van der Waals surface area contributed by atoms with Crippen LogP contribution in [0, 0.1) is 5.92 Å². The fourth-order valence-electron chi connectivity index (χ4n) is 4.80. The molecule has 0 radical (unpaired) electrons. The van der Waals surface area contributed by atoms with Crippen LogP contribution in [0.5, 0.6) is 0 Å². The zero-order chi connectivity index (χ0) is 29.5. The van der Waals surface area contributed by atoms with E-state index in [-0.39, 0.29) is 29.0 Å². The Morgan fingerprint density at radius 2 is 1.88 bits per heavy atom. The van der Waals surface area contributed by atoms with E-state index < -0.39 is 35.1 Å². The molecular formula is C27H36F3N5O4S. The van der Waals surface area contributed by atoms with Crippen molar-refractivity contribution in [3.8, 4) is 0 Å². The minimum absolute atomic E-state index is 0.0203. The van der Waals surface area contributed by atoms with Gasteiger partial charge in [0.25, 0.3) is 17.0 Å². The van der Waals surface area contributed by atoms with Gasteiger partial charge in [0.2, 0.25) is 12.2 Å². The van der Waals surface area contributed by atoms with E-state index >= 15 is 0 Å². The lowest BCUT2D eigenvalue weighted by atomic mass is 9.84. The number of alkyl halides is 3. The number of carbonyl (C=O) groups excluding carboxylic acids is 3. The van der Waals surface area contributed by atoms with Crippen LogP contribution in [-0.4, -0.2) is 76.2 Å². The summed E-state index contributed by atoms with van der Waals surface area (Å²) in [6.07, 6.45) is -0.979. The molecule has 3 rings (SSSR count). The Bertz CT molecular complexity index is 1170. The molecule has 2 amide bonds. The van der Waals surface area contributed by atoms with Gasteiger partial charge in [0, 0.05) is 17.9 Å². The molecule has 0 bridgehead atoms. The minimum atomic E-state index is -4.61. The number of benzene rings is 1. The molecule has 1 saturated carbocycles. The second-order valence-corrected chi connectivity index (χ2v) is 11.7. The normalized spacial score (nSPS) is 16.1. The number of rotatable bonds is 13. The number of thioether (sulfide) groups is 1. The van der Waals surface area contributed by atoms with Crippen molar-refractivity contribution >= 4 is 29.9 Å². The highest BCUT2D eigenvalue weighted by Crippen LogP contribution is 2.35. The van der Waals surface area contributed by atoms with E-state index in [1.807, 2.05) is 32.8 Å². The molecule has 1 aliphatic carbocycles. The van der Waals surface area contributed by atoms with Gasteiger partial charge in [0.15, 0.2) is 0 Å². The van der Waals surface area contributed by atoms with Crippen molar-refractivity contribution in [2.24, 2.45) is 5.92 Å². The van der Waals surface area contributed by atoms with Gasteiger partial charge < -0.3 is 19.5 Å². The molecule has 1 unspecified atom stereocenters. The lowest BCUT2D eigenvalue weighted by Crippen LogP contribution is -2.65. The summed E-state index contributed by atoms with van der Waals surface area (Å²) >= 11 is 1.31. The predicted molar refractivity (Wildman–Crippen MR) is 144 cm³/mol. The van der Waals surface area contributed by atoms with Crippen LogP contribution < -0.4 is 5.32 Å². The van der Waals surface area contributed by atoms with E-state index in [1.54, 1.807) is 0 Å². The van der Waals surface area contributed by atoms with Gasteiger partial charge in [-0.15, -0.1) is 10.2 Å². The second kappa shape index (κ2) is 13.6. The van der Waals surface area contributed by atoms with E-state index in [0.717, 1.165) is 31.2 Å². The van der Waals surface area contributed by atoms with E-state index in [9.17, 15) is 27.6 Å². The highest BCUT2D eigenvalue weighted by atomic mass is 32.2. The lowest BCUT2D eigenvalue weighted by molar-refractivity contribution is -0.137. The molecule has 0 saturated heterocycles. The highest BCUT2D eigenvalue weighted by Gasteiger charge is 2.45. The van der Waals surface area contributed by atoms with E-state index in [1.165, 1.54) is 22.7 Å². The summed E-state index contributed by atoms with van der Waals surface area (Å²) in [7, 11) is 3.86. The summed E-state index contributed by atoms with van der Waals surface area (Å²) < 4.78 is 45.5. The predicted octanol–water partition coefficient (Wildman–Crippen LogP) is 4.89. The number of nitrogens with one attached hydrogen (secondary N) is 1. The van der Waals surface area contributed by atoms with Crippen LogP contribution in [-0.2, 0) is 11.0 Å². The topological polar surface area (TPSA) is 109 Å². The van der Waals surface area contributed by atoms with Gasteiger partial charge in [0.1, 0.15) is 11.7 Å². The third-order valence-electron chi connectivity index (χ3n) is 6.80. The molecule has 1 atom stereocenters. The molecule has 1 aromatic heterocycles. The zero-order valence-corrected chi connectivity index (χ0v) is 24.0. The van der Waals surface area contributed by atoms with Crippen LogP contribution in [0.3, 0.4) is 0 Å². The minimum Gasteiger partial charge on any atom is -0.408 e. The second-order valence-electron chi connectivity index (χ2n) is 10.7. The number of ketones is 1. The average molecular weight is 584 g/mol. The van der Waals surface area contributed by atoms with Gasteiger partial charge in [-0.3, -0.25) is 14.4 Å². The maximum absolute atomic E-state index is 13.7. The molecule has 1 aromatic carbocycles. The SMILES string of the molecule is CC(C)CC(C(=O)c1nnc(SCCN(C)C)o1)N(C=O)C1(NC(=O)c2cccc(C(F)(F)F)c2)CCCCC1. The maximum atomic E-state index is 13.7. The number of carbonyl (C=O) groups is 3. The Labute approximate surface area is 236 Å². The molecule has 9 nitrogen and oxygen atoms in total. The smallest absolute Gasteiger partial charge is 0.408 e. The van der Waals surface area contributed by atoms with Crippen LogP contribution in [0.4, 0.5) is 13.2 Å². The summed E-state index contributed by atoms with van der Waals surface area (Å²) in [5.41, 5.74) is -2.41. The monoisotopic (exact) mass is 583 g/mol. The molecule has 0 spiro atoms. The zero-order valence-electron chi connectivity index (χ0n) is 23.2. The number of nitrogens with zero attached hydrogens (tertiary/aromatic N) is 4. The van der Waals surface area contributed by atoms with Crippen molar-refractivity contribution in [1.82, 2.24) is 25.3 Å². The van der Waals surface area contributed by atoms with Crippen molar-refractivity contribution in [1.29, 1.82) is 0 Å². The van der Waals surface area contributed by atoms with Gasteiger partial charge >= 0.3 is 6.18 Å². The molecule has 1 aliphatic rings. The van der Waals surface area contributed by atoms with Crippen LogP contribution in [0.2, 0.25) is 0 Å². The first-order valence-corrected chi connectivity index (χ1v) is 14.2. The number of hydrogen-bond donors (Lipinski definition) is 1. The summed E-state index contributed by atoms with van der Waals surface area (Å²) in [4.78, 5) is 43.0. The van der Waals surface area contributed by atoms with Gasteiger partial charge in [-0.1, -0.05) is 38.1 Å². The molecule has 40 heavy (non-hydrogen) atoms. The maximum Gasteiger partial charge on any atom is 0.416 e. The third-order valence-corrected chi connectivity index (χ3v) is 7.60. The van der Waals surface area contributed by atoms with Crippen LogP contribution in [0.25, 0.3) is 0 Å².